The molecule has 1 aromatic carbocycles. The van der Waals surface area contributed by atoms with Crippen LogP contribution in [0.2, 0.25) is 5.02 Å². The Bertz CT molecular complexity index is 537. The van der Waals surface area contributed by atoms with Gasteiger partial charge in [0.2, 0.25) is 0 Å². The van der Waals surface area contributed by atoms with Gasteiger partial charge in [0.15, 0.2) is 0 Å². The van der Waals surface area contributed by atoms with Crippen molar-refractivity contribution in [3.05, 3.63) is 29.4 Å². The van der Waals surface area contributed by atoms with Crippen LogP contribution in [-0.4, -0.2) is 11.5 Å². The Morgan fingerprint density at radius 2 is 2.12 bits per heavy atom. The summed E-state index contributed by atoms with van der Waals surface area (Å²) in [7, 11) is 0. The van der Waals surface area contributed by atoms with E-state index in [1.807, 2.05) is 12.1 Å². The first kappa shape index (κ1) is 12.0. The van der Waals surface area contributed by atoms with Crippen LogP contribution in [0.15, 0.2) is 24.4 Å². The molecule has 4 heteroatoms. The maximum atomic E-state index is 6.02. The van der Waals surface area contributed by atoms with Crippen molar-refractivity contribution in [3.63, 3.8) is 0 Å². The molecule has 0 aliphatic heterocycles. The smallest absolute Gasteiger partial charge is 0.133 e. The standard InChI is InChI=1S/C13H16ClN3/c1-8(2)7-17-13-11-5-9(14)6-12(15)10(11)3-4-16-13/h3-6,8H,7,15H2,1-2H3,(H,16,17). The van der Waals surface area contributed by atoms with Crippen LogP contribution in [0.4, 0.5) is 11.5 Å². The molecule has 0 radical (unpaired) electrons. The zero-order valence-electron chi connectivity index (χ0n) is 10.00. The SMILES string of the molecule is CC(C)CNc1nccc2c(N)cc(Cl)cc12. The molecular formula is C13H16ClN3. The van der Waals surface area contributed by atoms with E-state index in [0.29, 0.717) is 16.6 Å². The van der Waals surface area contributed by atoms with E-state index in [1.54, 1.807) is 12.3 Å². The third-order valence-electron chi connectivity index (χ3n) is 2.55. The average Bonchev–Trinajstić information content (AvgIpc) is 2.26. The molecule has 0 spiro atoms. The second-order valence-electron chi connectivity index (χ2n) is 4.52. The van der Waals surface area contributed by atoms with Crippen LogP contribution >= 0.6 is 11.6 Å². The Morgan fingerprint density at radius 1 is 1.35 bits per heavy atom. The fourth-order valence-corrected chi connectivity index (χ4v) is 1.95. The number of nitrogens with one attached hydrogen (secondary N) is 1. The van der Waals surface area contributed by atoms with Gasteiger partial charge >= 0.3 is 0 Å². The Morgan fingerprint density at radius 3 is 2.82 bits per heavy atom. The number of benzene rings is 1. The molecule has 3 N–H and O–H groups in total. The average molecular weight is 250 g/mol. The number of hydrogen-bond donors (Lipinski definition) is 2. The van der Waals surface area contributed by atoms with Crippen molar-refractivity contribution in [2.75, 3.05) is 17.6 Å². The Kier molecular flexibility index (Phi) is 3.38. The number of nitrogens with two attached hydrogens (primary N) is 1. The Labute approximate surface area is 106 Å². The summed E-state index contributed by atoms with van der Waals surface area (Å²) in [6.07, 6.45) is 1.76. The monoisotopic (exact) mass is 249 g/mol. The van der Waals surface area contributed by atoms with Gasteiger partial charge in [0, 0.05) is 34.2 Å². The lowest BCUT2D eigenvalue weighted by molar-refractivity contribution is 0.687. The number of pyridine rings is 1. The van der Waals surface area contributed by atoms with Crippen molar-refractivity contribution in [2.45, 2.75) is 13.8 Å². The van der Waals surface area contributed by atoms with Crippen molar-refractivity contribution in [1.82, 2.24) is 4.98 Å². The normalized spacial score (nSPS) is 11.1. The number of nitrogens with zero attached hydrogens (tertiary/aromatic N) is 1. The summed E-state index contributed by atoms with van der Waals surface area (Å²) in [5.74, 6) is 1.40. The van der Waals surface area contributed by atoms with Crippen LogP contribution < -0.4 is 11.1 Å². The number of rotatable bonds is 3. The summed E-state index contributed by atoms with van der Waals surface area (Å²) in [6, 6.07) is 5.56. The molecule has 0 amide bonds. The molecule has 90 valence electrons. The molecule has 0 saturated heterocycles. The van der Waals surface area contributed by atoms with E-state index in [1.165, 1.54) is 0 Å². The van der Waals surface area contributed by atoms with Crippen molar-refractivity contribution in [3.8, 4) is 0 Å². The highest BCUT2D eigenvalue weighted by atomic mass is 35.5. The molecule has 0 fully saturated rings. The van der Waals surface area contributed by atoms with Crippen molar-refractivity contribution >= 4 is 33.9 Å². The van der Waals surface area contributed by atoms with Gasteiger partial charge in [-0.05, 0) is 24.1 Å². The van der Waals surface area contributed by atoms with E-state index in [2.05, 4.69) is 24.1 Å². The number of nitrogen functional groups attached to an aromatic ring is 1. The number of fused-ring (bicyclic) bond motifs is 1. The minimum Gasteiger partial charge on any atom is -0.398 e. The zero-order chi connectivity index (χ0) is 12.4. The van der Waals surface area contributed by atoms with Gasteiger partial charge in [-0.2, -0.15) is 0 Å². The molecule has 17 heavy (non-hydrogen) atoms. The molecule has 2 aromatic rings. The lowest BCUT2D eigenvalue weighted by Crippen LogP contribution is -2.09. The zero-order valence-corrected chi connectivity index (χ0v) is 10.8. The van der Waals surface area contributed by atoms with Gasteiger partial charge in [0.25, 0.3) is 0 Å². The van der Waals surface area contributed by atoms with Crippen LogP contribution in [0.5, 0.6) is 0 Å². The van der Waals surface area contributed by atoms with Crippen LogP contribution in [0.1, 0.15) is 13.8 Å². The largest absolute Gasteiger partial charge is 0.398 e. The van der Waals surface area contributed by atoms with E-state index < -0.39 is 0 Å². The predicted molar refractivity (Wildman–Crippen MR) is 74.5 cm³/mol. The number of halogens is 1. The Hall–Kier alpha value is -1.48. The summed E-state index contributed by atoms with van der Waals surface area (Å²) in [5.41, 5.74) is 6.62. The van der Waals surface area contributed by atoms with E-state index in [4.69, 9.17) is 17.3 Å². The highest BCUT2D eigenvalue weighted by Gasteiger charge is 2.06. The van der Waals surface area contributed by atoms with Crippen LogP contribution in [0.3, 0.4) is 0 Å². The minimum absolute atomic E-state index is 0.559. The molecule has 0 atom stereocenters. The summed E-state index contributed by atoms with van der Waals surface area (Å²) in [5, 5.41) is 5.90. The van der Waals surface area contributed by atoms with Crippen molar-refractivity contribution in [2.24, 2.45) is 5.92 Å². The maximum absolute atomic E-state index is 6.02. The first-order valence-electron chi connectivity index (χ1n) is 5.65. The third-order valence-corrected chi connectivity index (χ3v) is 2.77. The molecule has 3 nitrogen and oxygen atoms in total. The molecule has 1 aromatic heterocycles. The molecule has 0 aliphatic carbocycles. The molecule has 2 rings (SSSR count). The topological polar surface area (TPSA) is 50.9 Å². The molecular weight excluding hydrogens is 234 g/mol. The number of anilines is 2. The van der Waals surface area contributed by atoms with Gasteiger partial charge in [0.1, 0.15) is 5.82 Å². The first-order valence-corrected chi connectivity index (χ1v) is 6.03. The summed E-state index contributed by atoms with van der Waals surface area (Å²) in [6.45, 7) is 5.18. The fraction of sp³-hybridized carbons (Fsp3) is 0.308. The maximum Gasteiger partial charge on any atom is 0.133 e. The van der Waals surface area contributed by atoms with Gasteiger partial charge < -0.3 is 11.1 Å². The predicted octanol–water partition coefficient (Wildman–Crippen LogP) is 3.54. The van der Waals surface area contributed by atoms with Crippen LogP contribution in [0, 0.1) is 5.92 Å². The van der Waals surface area contributed by atoms with Gasteiger partial charge in [-0.25, -0.2) is 4.98 Å². The van der Waals surface area contributed by atoms with Gasteiger partial charge in [0.05, 0.1) is 0 Å². The molecule has 1 heterocycles. The van der Waals surface area contributed by atoms with E-state index >= 15 is 0 Å². The summed E-state index contributed by atoms with van der Waals surface area (Å²) < 4.78 is 0. The van der Waals surface area contributed by atoms with Gasteiger partial charge in [-0.15, -0.1) is 0 Å². The summed E-state index contributed by atoms with van der Waals surface area (Å²) >= 11 is 6.02. The quantitative estimate of drug-likeness (QED) is 0.818. The van der Waals surface area contributed by atoms with Gasteiger partial charge in [-0.3, -0.25) is 0 Å². The second-order valence-corrected chi connectivity index (χ2v) is 4.96. The lowest BCUT2D eigenvalue weighted by atomic mass is 10.1. The number of hydrogen-bond acceptors (Lipinski definition) is 3. The van der Waals surface area contributed by atoms with Crippen molar-refractivity contribution in [1.29, 1.82) is 0 Å². The lowest BCUT2D eigenvalue weighted by Gasteiger charge is -2.11. The third kappa shape index (κ3) is 2.61. The second kappa shape index (κ2) is 4.80. The van der Waals surface area contributed by atoms with Crippen molar-refractivity contribution < 1.29 is 0 Å². The highest BCUT2D eigenvalue weighted by Crippen LogP contribution is 2.29. The molecule has 0 unspecified atom stereocenters. The van der Waals surface area contributed by atoms with Crippen LogP contribution in [0.25, 0.3) is 10.8 Å². The van der Waals surface area contributed by atoms with E-state index in [9.17, 15) is 0 Å². The molecule has 0 aliphatic rings. The molecule has 0 bridgehead atoms. The highest BCUT2D eigenvalue weighted by molar-refractivity contribution is 6.32. The van der Waals surface area contributed by atoms with Gasteiger partial charge in [-0.1, -0.05) is 25.4 Å². The van der Waals surface area contributed by atoms with E-state index in [0.717, 1.165) is 23.1 Å². The first-order chi connectivity index (χ1) is 8.08. The summed E-state index contributed by atoms with van der Waals surface area (Å²) in [4.78, 5) is 4.34. The fourth-order valence-electron chi connectivity index (χ4n) is 1.72. The van der Waals surface area contributed by atoms with Crippen LogP contribution in [-0.2, 0) is 0 Å². The Balaban J connectivity index is 2.49. The van der Waals surface area contributed by atoms with E-state index in [-0.39, 0.29) is 0 Å². The minimum atomic E-state index is 0.559. The number of aromatic nitrogens is 1. The molecule has 0 saturated carbocycles.